The number of hydrogen-bond acceptors (Lipinski definition) is 1. The maximum Gasteiger partial charge on any atom is 0.165 e. The Hall–Kier alpha value is -1.11. The van der Waals surface area contributed by atoms with Crippen molar-refractivity contribution < 1.29 is 4.79 Å². The minimum Gasteiger partial charge on any atom is -0.294 e. The van der Waals surface area contributed by atoms with Gasteiger partial charge in [-0.15, -0.1) is 0 Å². The van der Waals surface area contributed by atoms with Crippen LogP contribution in [0.25, 0.3) is 0 Å². The predicted octanol–water partition coefficient (Wildman–Crippen LogP) is 5.63. The Morgan fingerprint density at radius 3 is 2.35 bits per heavy atom. The minimum atomic E-state index is 0.169. The molecule has 1 aromatic carbocycles. The quantitative estimate of drug-likeness (QED) is 0.398. The Balaban J connectivity index is 2.59. The van der Waals surface area contributed by atoms with Crippen LogP contribution >= 0.6 is 0 Å². The second kappa shape index (κ2) is 9.74. The van der Waals surface area contributed by atoms with Gasteiger partial charge in [0.15, 0.2) is 5.78 Å². The molecular weight excluding hydrogens is 244 g/mol. The minimum absolute atomic E-state index is 0.169. The van der Waals surface area contributed by atoms with Crippen LogP contribution in [-0.2, 0) is 6.42 Å². The molecule has 1 radical (unpaired) electrons. The number of aryl methyl sites for hydroxylation is 1. The van der Waals surface area contributed by atoms with E-state index in [1.54, 1.807) is 0 Å². The average Bonchev–Trinajstić information content (AvgIpc) is 2.49. The van der Waals surface area contributed by atoms with Crippen molar-refractivity contribution in [2.45, 2.75) is 65.2 Å². The van der Waals surface area contributed by atoms with E-state index in [4.69, 9.17) is 0 Å². The Morgan fingerprint density at radius 1 is 1.10 bits per heavy atom. The summed E-state index contributed by atoms with van der Waals surface area (Å²) in [5, 5.41) is 0. The van der Waals surface area contributed by atoms with Gasteiger partial charge in [0, 0.05) is 11.5 Å². The van der Waals surface area contributed by atoms with E-state index in [1.807, 2.05) is 12.1 Å². The van der Waals surface area contributed by atoms with Crippen LogP contribution in [0, 0.1) is 12.8 Å². The maximum atomic E-state index is 12.4. The molecule has 1 aromatic rings. The first kappa shape index (κ1) is 16.9. The van der Waals surface area contributed by atoms with E-state index in [-0.39, 0.29) is 5.92 Å². The van der Waals surface area contributed by atoms with Crippen molar-refractivity contribution >= 4 is 5.78 Å². The van der Waals surface area contributed by atoms with E-state index in [1.165, 1.54) is 24.8 Å². The Kier molecular flexibility index (Phi) is 8.25. The zero-order valence-corrected chi connectivity index (χ0v) is 13.2. The predicted molar refractivity (Wildman–Crippen MR) is 87.0 cm³/mol. The van der Waals surface area contributed by atoms with Gasteiger partial charge >= 0.3 is 0 Å². The van der Waals surface area contributed by atoms with Crippen molar-refractivity contribution in [2.75, 3.05) is 0 Å². The lowest BCUT2D eigenvalue weighted by atomic mass is 9.90. The summed E-state index contributed by atoms with van der Waals surface area (Å²) < 4.78 is 0. The topological polar surface area (TPSA) is 17.1 Å². The first-order valence-corrected chi connectivity index (χ1v) is 8.15. The van der Waals surface area contributed by atoms with Gasteiger partial charge in [0.2, 0.25) is 0 Å². The van der Waals surface area contributed by atoms with Crippen LogP contribution in [0.4, 0.5) is 0 Å². The lowest BCUT2D eigenvalue weighted by Crippen LogP contribution is -2.14. The summed E-state index contributed by atoms with van der Waals surface area (Å²) in [6, 6.07) is 8.26. The number of hydrogen-bond donors (Lipinski definition) is 0. The van der Waals surface area contributed by atoms with Crippen molar-refractivity contribution in [2.24, 2.45) is 5.92 Å². The normalized spacial score (nSPS) is 12.3. The number of rotatable bonds is 10. The molecule has 0 saturated carbocycles. The fourth-order valence-electron chi connectivity index (χ4n) is 2.56. The second-order valence-electron chi connectivity index (χ2n) is 5.62. The average molecular weight is 273 g/mol. The summed E-state index contributed by atoms with van der Waals surface area (Å²) in [6.45, 7) is 8.18. The van der Waals surface area contributed by atoms with Gasteiger partial charge in [-0.25, -0.2) is 0 Å². The van der Waals surface area contributed by atoms with Gasteiger partial charge in [0.05, 0.1) is 0 Å². The molecule has 0 N–H and O–H groups in total. The summed E-state index contributed by atoms with van der Waals surface area (Å²) >= 11 is 0. The Bertz CT molecular complexity index is 377. The first-order chi connectivity index (χ1) is 9.72. The van der Waals surface area contributed by atoms with E-state index >= 15 is 0 Å². The molecule has 1 atom stereocenters. The Labute approximate surface area is 124 Å². The smallest absolute Gasteiger partial charge is 0.165 e. The van der Waals surface area contributed by atoms with E-state index < -0.39 is 0 Å². The van der Waals surface area contributed by atoms with Crippen LogP contribution in [0.3, 0.4) is 0 Å². The summed E-state index contributed by atoms with van der Waals surface area (Å²) in [5.41, 5.74) is 2.22. The summed E-state index contributed by atoms with van der Waals surface area (Å²) in [7, 11) is 0. The van der Waals surface area contributed by atoms with Crippen LogP contribution in [0.5, 0.6) is 0 Å². The van der Waals surface area contributed by atoms with Gasteiger partial charge in [0.1, 0.15) is 0 Å². The highest BCUT2D eigenvalue weighted by Crippen LogP contribution is 2.19. The molecule has 0 aliphatic rings. The molecule has 0 amide bonds. The maximum absolute atomic E-state index is 12.4. The van der Waals surface area contributed by atoms with Gasteiger partial charge in [-0.1, -0.05) is 70.7 Å². The van der Waals surface area contributed by atoms with Gasteiger partial charge < -0.3 is 0 Å². The van der Waals surface area contributed by atoms with Gasteiger partial charge in [-0.3, -0.25) is 4.79 Å². The molecular formula is C19H29O. The Morgan fingerprint density at radius 2 is 1.80 bits per heavy atom. The number of Topliss-reactive ketones (excluding diaryl/α,β-unsaturated/α-hetero) is 1. The van der Waals surface area contributed by atoms with Crippen molar-refractivity contribution in [1.82, 2.24) is 0 Å². The van der Waals surface area contributed by atoms with Crippen molar-refractivity contribution in [3.05, 3.63) is 42.3 Å². The molecule has 0 saturated heterocycles. The zero-order valence-electron chi connectivity index (χ0n) is 13.2. The first-order valence-electron chi connectivity index (χ1n) is 8.15. The number of unbranched alkanes of at least 4 members (excludes halogenated alkanes) is 3. The highest BCUT2D eigenvalue weighted by atomic mass is 16.1. The fraction of sp³-hybridized carbons (Fsp3) is 0.579. The monoisotopic (exact) mass is 273 g/mol. The molecule has 0 spiro atoms. The molecule has 1 nitrogen and oxygen atoms in total. The van der Waals surface area contributed by atoms with E-state index in [2.05, 4.69) is 32.9 Å². The van der Waals surface area contributed by atoms with Crippen LogP contribution in [0.15, 0.2) is 24.3 Å². The number of benzene rings is 1. The molecule has 0 aliphatic heterocycles. The summed E-state index contributed by atoms with van der Waals surface area (Å²) in [6.07, 6.45) is 8.75. The van der Waals surface area contributed by atoms with E-state index in [9.17, 15) is 4.79 Å². The van der Waals surface area contributed by atoms with E-state index in [0.29, 0.717) is 5.78 Å². The third kappa shape index (κ3) is 5.48. The van der Waals surface area contributed by atoms with Crippen LogP contribution in [-0.4, -0.2) is 5.78 Å². The number of ketones is 1. The molecule has 111 valence electrons. The third-order valence-electron chi connectivity index (χ3n) is 3.97. The lowest BCUT2D eigenvalue weighted by molar-refractivity contribution is 0.0908. The molecule has 1 rings (SSSR count). The van der Waals surface area contributed by atoms with E-state index in [0.717, 1.165) is 37.7 Å². The molecule has 0 aliphatic carbocycles. The highest BCUT2D eigenvalue weighted by Gasteiger charge is 2.17. The van der Waals surface area contributed by atoms with Gasteiger partial charge in [-0.2, -0.15) is 0 Å². The van der Waals surface area contributed by atoms with Gasteiger partial charge in [0.25, 0.3) is 0 Å². The molecule has 0 fully saturated rings. The van der Waals surface area contributed by atoms with Crippen molar-refractivity contribution in [1.29, 1.82) is 0 Å². The van der Waals surface area contributed by atoms with Crippen molar-refractivity contribution in [3.63, 3.8) is 0 Å². The second-order valence-corrected chi connectivity index (χ2v) is 5.62. The van der Waals surface area contributed by atoms with Crippen LogP contribution in [0.1, 0.15) is 74.7 Å². The SMILES string of the molecule is [CH2]CCCC(CC)C(=O)c1ccc(CCCCC)cc1. The van der Waals surface area contributed by atoms with Crippen molar-refractivity contribution in [3.8, 4) is 0 Å². The lowest BCUT2D eigenvalue weighted by Gasteiger charge is -2.13. The molecule has 0 heterocycles. The molecule has 20 heavy (non-hydrogen) atoms. The summed E-state index contributed by atoms with van der Waals surface area (Å²) in [5.74, 6) is 0.476. The number of carbonyl (C=O) groups is 1. The molecule has 1 heteroatoms. The zero-order chi connectivity index (χ0) is 14.8. The summed E-state index contributed by atoms with van der Waals surface area (Å²) in [4.78, 5) is 12.4. The number of carbonyl (C=O) groups excluding carboxylic acids is 1. The molecule has 0 bridgehead atoms. The third-order valence-corrected chi connectivity index (χ3v) is 3.97. The van der Waals surface area contributed by atoms with Crippen LogP contribution < -0.4 is 0 Å². The highest BCUT2D eigenvalue weighted by molar-refractivity contribution is 5.97. The molecule has 1 unspecified atom stereocenters. The fourth-order valence-corrected chi connectivity index (χ4v) is 2.56. The van der Waals surface area contributed by atoms with Crippen LogP contribution in [0.2, 0.25) is 0 Å². The van der Waals surface area contributed by atoms with Gasteiger partial charge in [-0.05, 0) is 31.2 Å². The standard InChI is InChI=1S/C19H29O/c1-4-7-9-10-16-12-14-18(15-13-16)19(20)17(6-3)11-8-5-2/h12-15,17H,2,4-11H2,1,3H3. The molecule has 0 aromatic heterocycles. The largest absolute Gasteiger partial charge is 0.294 e.